The molecule has 146 valence electrons. The Morgan fingerprint density at radius 1 is 1.23 bits per heavy atom. The summed E-state index contributed by atoms with van der Waals surface area (Å²) in [7, 11) is 1.58. The van der Waals surface area contributed by atoms with Crippen molar-refractivity contribution in [3.05, 3.63) is 29.8 Å². The molecule has 3 unspecified atom stereocenters. The smallest absolute Gasteiger partial charge is 0.251 e. The molecule has 1 aliphatic heterocycles. The van der Waals surface area contributed by atoms with E-state index in [9.17, 15) is 9.59 Å². The van der Waals surface area contributed by atoms with Crippen LogP contribution in [-0.2, 0) is 4.79 Å². The van der Waals surface area contributed by atoms with Crippen molar-refractivity contribution in [3.63, 3.8) is 0 Å². The van der Waals surface area contributed by atoms with Gasteiger partial charge in [0.15, 0.2) is 0 Å². The molecule has 2 amide bonds. The molecule has 0 aromatic heterocycles. The Kier molecular flexibility index (Phi) is 8.88. The molecule has 26 heavy (non-hydrogen) atoms. The molecule has 1 aromatic rings. The van der Waals surface area contributed by atoms with Gasteiger partial charge in [-0.1, -0.05) is 20.8 Å². The van der Waals surface area contributed by atoms with Gasteiger partial charge in [-0.25, -0.2) is 0 Å². The van der Waals surface area contributed by atoms with Crippen LogP contribution < -0.4 is 20.7 Å². The predicted molar refractivity (Wildman–Crippen MR) is 105 cm³/mol. The quantitative estimate of drug-likeness (QED) is 0.701. The zero-order chi connectivity index (χ0) is 18.4. The lowest BCUT2D eigenvalue weighted by molar-refractivity contribution is -0.125. The van der Waals surface area contributed by atoms with Gasteiger partial charge in [-0.2, -0.15) is 0 Å². The van der Waals surface area contributed by atoms with E-state index in [1.807, 2.05) is 13.8 Å². The summed E-state index contributed by atoms with van der Waals surface area (Å²) in [6.45, 7) is 7.79. The molecule has 1 fully saturated rings. The number of rotatable bonds is 6. The SMILES string of the molecule is COc1ccc(C(=O)NC(C(=O)NC2CCNCC2C)C(C)C)cc1.Cl. The molecule has 7 heteroatoms. The maximum Gasteiger partial charge on any atom is 0.251 e. The Balaban J connectivity index is 0.00000338. The van der Waals surface area contributed by atoms with Crippen LogP contribution >= 0.6 is 12.4 Å². The third-order valence-electron chi connectivity index (χ3n) is 4.70. The fourth-order valence-electron chi connectivity index (χ4n) is 3.00. The number of methoxy groups -OCH3 is 1. The maximum atomic E-state index is 12.7. The van der Waals surface area contributed by atoms with Gasteiger partial charge in [-0.05, 0) is 55.6 Å². The summed E-state index contributed by atoms with van der Waals surface area (Å²) in [4.78, 5) is 25.2. The molecular formula is C19H30ClN3O3. The summed E-state index contributed by atoms with van der Waals surface area (Å²) in [6.07, 6.45) is 0.907. The van der Waals surface area contributed by atoms with Crippen molar-refractivity contribution in [1.29, 1.82) is 0 Å². The minimum atomic E-state index is -0.559. The van der Waals surface area contributed by atoms with Crippen molar-refractivity contribution in [2.75, 3.05) is 20.2 Å². The van der Waals surface area contributed by atoms with Gasteiger partial charge >= 0.3 is 0 Å². The molecule has 0 radical (unpaired) electrons. The number of amides is 2. The van der Waals surface area contributed by atoms with E-state index in [-0.39, 0.29) is 36.2 Å². The summed E-state index contributed by atoms with van der Waals surface area (Å²) in [6, 6.07) is 6.44. The topological polar surface area (TPSA) is 79.5 Å². The fraction of sp³-hybridized carbons (Fsp3) is 0.579. The molecule has 2 rings (SSSR count). The normalized spacial score (nSPS) is 20.7. The van der Waals surface area contributed by atoms with Crippen LogP contribution in [-0.4, -0.2) is 44.1 Å². The van der Waals surface area contributed by atoms with Crippen LogP contribution in [0.25, 0.3) is 0 Å². The number of carbonyl (C=O) groups is 2. The second kappa shape index (κ2) is 10.4. The Hall–Kier alpha value is -1.79. The van der Waals surface area contributed by atoms with Crippen LogP contribution in [0.1, 0.15) is 37.6 Å². The average molecular weight is 384 g/mol. The van der Waals surface area contributed by atoms with Gasteiger partial charge in [0.05, 0.1) is 7.11 Å². The zero-order valence-electron chi connectivity index (χ0n) is 15.9. The van der Waals surface area contributed by atoms with Crippen LogP contribution in [0, 0.1) is 11.8 Å². The number of hydrogen-bond acceptors (Lipinski definition) is 4. The molecule has 0 aliphatic carbocycles. The van der Waals surface area contributed by atoms with E-state index >= 15 is 0 Å². The Bertz CT molecular complexity index is 592. The van der Waals surface area contributed by atoms with E-state index in [1.54, 1.807) is 31.4 Å². The highest BCUT2D eigenvalue weighted by molar-refractivity contribution is 5.97. The molecule has 0 saturated carbocycles. The van der Waals surface area contributed by atoms with E-state index < -0.39 is 6.04 Å². The predicted octanol–water partition coefficient (Wildman–Crippen LogP) is 1.99. The number of hydrogen-bond donors (Lipinski definition) is 3. The molecule has 3 atom stereocenters. The van der Waals surface area contributed by atoms with Crippen LogP contribution in [0.3, 0.4) is 0 Å². The second-order valence-corrected chi connectivity index (χ2v) is 7.01. The van der Waals surface area contributed by atoms with Crippen molar-refractivity contribution < 1.29 is 14.3 Å². The number of halogens is 1. The summed E-state index contributed by atoms with van der Waals surface area (Å²) < 4.78 is 5.10. The molecule has 3 N–H and O–H groups in total. The lowest BCUT2D eigenvalue weighted by Crippen LogP contribution is -2.55. The van der Waals surface area contributed by atoms with Gasteiger partial charge in [0, 0.05) is 11.6 Å². The summed E-state index contributed by atoms with van der Waals surface area (Å²) in [5.74, 6) is 0.696. The van der Waals surface area contributed by atoms with Crippen molar-refractivity contribution in [1.82, 2.24) is 16.0 Å². The van der Waals surface area contributed by atoms with Crippen molar-refractivity contribution in [2.24, 2.45) is 11.8 Å². The minimum absolute atomic E-state index is 0. The number of carbonyl (C=O) groups excluding carboxylic acids is 2. The van der Waals surface area contributed by atoms with Crippen molar-refractivity contribution in [2.45, 2.75) is 39.3 Å². The van der Waals surface area contributed by atoms with Gasteiger partial charge in [-0.3, -0.25) is 9.59 Å². The fourth-order valence-corrected chi connectivity index (χ4v) is 3.00. The summed E-state index contributed by atoms with van der Waals surface area (Å²) >= 11 is 0. The number of benzene rings is 1. The van der Waals surface area contributed by atoms with Gasteiger partial charge in [-0.15, -0.1) is 12.4 Å². The number of ether oxygens (including phenoxy) is 1. The first-order valence-electron chi connectivity index (χ1n) is 8.88. The molecule has 1 aliphatic rings. The van der Waals surface area contributed by atoms with Crippen LogP contribution in [0.15, 0.2) is 24.3 Å². The molecule has 1 aromatic carbocycles. The number of nitrogens with one attached hydrogen (secondary N) is 3. The van der Waals surface area contributed by atoms with Crippen LogP contribution in [0.2, 0.25) is 0 Å². The Morgan fingerprint density at radius 3 is 2.42 bits per heavy atom. The monoisotopic (exact) mass is 383 g/mol. The molecule has 0 spiro atoms. The highest BCUT2D eigenvalue weighted by Gasteiger charge is 2.29. The van der Waals surface area contributed by atoms with E-state index in [0.717, 1.165) is 19.5 Å². The van der Waals surface area contributed by atoms with Gasteiger partial charge in [0.25, 0.3) is 5.91 Å². The molecular weight excluding hydrogens is 354 g/mol. The molecule has 0 bridgehead atoms. The lowest BCUT2D eigenvalue weighted by Gasteiger charge is -2.32. The first-order valence-corrected chi connectivity index (χ1v) is 8.88. The van der Waals surface area contributed by atoms with E-state index in [4.69, 9.17) is 4.74 Å². The van der Waals surface area contributed by atoms with Crippen molar-refractivity contribution >= 4 is 24.2 Å². The van der Waals surface area contributed by atoms with Crippen LogP contribution in [0.5, 0.6) is 5.75 Å². The molecule has 1 heterocycles. The van der Waals surface area contributed by atoms with Crippen molar-refractivity contribution in [3.8, 4) is 5.75 Å². The number of piperidine rings is 1. The largest absolute Gasteiger partial charge is 0.497 e. The second-order valence-electron chi connectivity index (χ2n) is 7.01. The lowest BCUT2D eigenvalue weighted by atomic mass is 9.94. The van der Waals surface area contributed by atoms with Gasteiger partial charge < -0.3 is 20.7 Å². The Labute approximate surface area is 161 Å². The highest BCUT2D eigenvalue weighted by Crippen LogP contribution is 2.14. The van der Waals surface area contributed by atoms with Gasteiger partial charge in [0.1, 0.15) is 11.8 Å². The average Bonchev–Trinajstić information content (AvgIpc) is 2.61. The maximum absolute atomic E-state index is 12.7. The van der Waals surface area contributed by atoms with E-state index in [1.165, 1.54) is 0 Å². The zero-order valence-corrected chi connectivity index (χ0v) is 16.7. The van der Waals surface area contributed by atoms with E-state index in [0.29, 0.717) is 17.2 Å². The summed E-state index contributed by atoms with van der Waals surface area (Å²) in [5, 5.41) is 9.30. The third-order valence-corrected chi connectivity index (χ3v) is 4.70. The third kappa shape index (κ3) is 5.88. The first-order chi connectivity index (χ1) is 11.9. The van der Waals surface area contributed by atoms with Gasteiger partial charge in [0.2, 0.25) is 5.91 Å². The molecule has 1 saturated heterocycles. The van der Waals surface area contributed by atoms with Crippen LogP contribution in [0.4, 0.5) is 0 Å². The standard InChI is InChI=1S/C19H29N3O3.ClH/c1-12(2)17(19(24)21-16-9-10-20-11-13(16)3)22-18(23)14-5-7-15(25-4)8-6-14;/h5-8,12-13,16-17,20H,9-11H2,1-4H3,(H,21,24)(H,22,23);1H. The summed E-state index contributed by atoms with van der Waals surface area (Å²) in [5.41, 5.74) is 0.509. The Morgan fingerprint density at radius 2 is 1.88 bits per heavy atom. The molecule has 6 nitrogen and oxygen atoms in total. The first kappa shape index (κ1) is 22.3. The minimum Gasteiger partial charge on any atom is -0.497 e. The van der Waals surface area contributed by atoms with E-state index in [2.05, 4.69) is 22.9 Å². The highest BCUT2D eigenvalue weighted by atomic mass is 35.5.